The molecule has 0 heterocycles. The van der Waals surface area contributed by atoms with Gasteiger partial charge in [0.05, 0.1) is 0 Å². The number of carbonyl (C=O) groups excluding carboxylic acids is 2. The zero-order valence-electron chi connectivity index (χ0n) is 16.8. The van der Waals surface area contributed by atoms with Crippen molar-refractivity contribution < 1.29 is 9.59 Å². The van der Waals surface area contributed by atoms with Crippen LogP contribution >= 0.6 is 0 Å². The van der Waals surface area contributed by atoms with E-state index >= 15 is 0 Å². The van der Waals surface area contributed by atoms with Crippen molar-refractivity contribution in [3.63, 3.8) is 0 Å². The van der Waals surface area contributed by atoms with Crippen molar-refractivity contribution >= 4 is 11.8 Å². The van der Waals surface area contributed by atoms with Gasteiger partial charge in [-0.25, -0.2) is 0 Å². The summed E-state index contributed by atoms with van der Waals surface area (Å²) in [5, 5.41) is 2.82. The average Bonchev–Trinajstić information content (AvgIpc) is 2.66. The van der Waals surface area contributed by atoms with Crippen LogP contribution in [0.5, 0.6) is 0 Å². The summed E-state index contributed by atoms with van der Waals surface area (Å²) in [6.07, 6.45) is 1.06. The van der Waals surface area contributed by atoms with Gasteiger partial charge in [0.2, 0.25) is 11.8 Å². The quantitative estimate of drug-likeness (QED) is 0.773. The molecule has 0 aromatic heterocycles. The van der Waals surface area contributed by atoms with Crippen LogP contribution in [0.2, 0.25) is 0 Å². The smallest absolute Gasteiger partial charge is 0.242 e. The van der Waals surface area contributed by atoms with Crippen LogP contribution in [0.1, 0.15) is 42.5 Å². The van der Waals surface area contributed by atoms with E-state index in [1.807, 2.05) is 45.0 Å². The van der Waals surface area contributed by atoms with Crippen molar-refractivity contribution in [3.05, 3.63) is 70.8 Å². The molecule has 1 N–H and O–H groups in total. The molecule has 0 spiro atoms. The first kappa shape index (κ1) is 20.7. The summed E-state index contributed by atoms with van der Waals surface area (Å²) in [6.45, 7) is 8.75. The van der Waals surface area contributed by atoms with E-state index in [0.717, 1.165) is 11.1 Å². The maximum atomic E-state index is 13.0. The van der Waals surface area contributed by atoms with Gasteiger partial charge in [0.15, 0.2) is 0 Å². The van der Waals surface area contributed by atoms with Crippen molar-refractivity contribution in [2.75, 3.05) is 6.54 Å². The zero-order valence-corrected chi connectivity index (χ0v) is 16.8. The molecule has 2 rings (SSSR count). The Bertz CT molecular complexity index is 751. The van der Waals surface area contributed by atoms with E-state index in [0.29, 0.717) is 25.9 Å². The highest BCUT2D eigenvalue weighted by Crippen LogP contribution is 2.14. The molecule has 4 nitrogen and oxygen atoms in total. The summed E-state index contributed by atoms with van der Waals surface area (Å²) < 4.78 is 0. The van der Waals surface area contributed by atoms with Gasteiger partial charge in [-0.3, -0.25) is 9.59 Å². The predicted molar refractivity (Wildman–Crippen MR) is 109 cm³/mol. The number of carbonyl (C=O) groups is 2. The van der Waals surface area contributed by atoms with Crippen molar-refractivity contribution in [1.82, 2.24) is 10.2 Å². The van der Waals surface area contributed by atoms with Gasteiger partial charge in [0.1, 0.15) is 6.04 Å². The summed E-state index contributed by atoms with van der Waals surface area (Å²) in [7, 11) is 0. The van der Waals surface area contributed by atoms with E-state index in [4.69, 9.17) is 0 Å². The molecule has 2 aromatic carbocycles. The topological polar surface area (TPSA) is 49.4 Å². The fourth-order valence-electron chi connectivity index (χ4n) is 2.94. The van der Waals surface area contributed by atoms with Crippen molar-refractivity contribution in [2.45, 2.75) is 53.1 Å². The number of nitrogens with one attached hydrogen (secondary N) is 1. The van der Waals surface area contributed by atoms with E-state index in [1.165, 1.54) is 11.1 Å². The SMILES string of the molecule is CCNC(=O)[C@H](C)N(Cc1ccc(C)cc1)C(=O)CCc1ccc(C)cc1. The van der Waals surface area contributed by atoms with Crippen LogP contribution in [-0.2, 0) is 22.6 Å². The molecule has 0 saturated carbocycles. The van der Waals surface area contributed by atoms with Crippen molar-refractivity contribution in [2.24, 2.45) is 0 Å². The minimum absolute atomic E-state index is 0.00472. The fourth-order valence-corrected chi connectivity index (χ4v) is 2.94. The molecule has 4 heteroatoms. The molecule has 144 valence electrons. The Balaban J connectivity index is 2.11. The lowest BCUT2D eigenvalue weighted by atomic mass is 10.1. The first-order valence-electron chi connectivity index (χ1n) is 9.59. The van der Waals surface area contributed by atoms with Gasteiger partial charge in [-0.05, 0) is 45.2 Å². The highest BCUT2D eigenvalue weighted by atomic mass is 16.2. The molecule has 0 aliphatic carbocycles. The molecule has 0 saturated heterocycles. The maximum Gasteiger partial charge on any atom is 0.242 e. The number of hydrogen-bond donors (Lipinski definition) is 1. The first-order chi connectivity index (χ1) is 12.9. The summed E-state index contributed by atoms with van der Waals surface area (Å²) >= 11 is 0. The fraction of sp³-hybridized carbons (Fsp3) is 0.391. The Hall–Kier alpha value is -2.62. The van der Waals surface area contributed by atoms with E-state index in [-0.39, 0.29) is 11.8 Å². The van der Waals surface area contributed by atoms with Crippen molar-refractivity contribution in [1.29, 1.82) is 0 Å². The lowest BCUT2D eigenvalue weighted by molar-refractivity contribution is -0.140. The summed E-state index contributed by atoms with van der Waals surface area (Å²) in [4.78, 5) is 27.0. The Morgan fingerprint density at radius 3 is 1.96 bits per heavy atom. The summed E-state index contributed by atoms with van der Waals surface area (Å²) in [5.41, 5.74) is 4.54. The number of amides is 2. The summed E-state index contributed by atoms with van der Waals surface area (Å²) in [5.74, 6) is -0.122. The lowest BCUT2D eigenvalue weighted by Gasteiger charge is -2.29. The molecule has 2 aromatic rings. The average molecular weight is 367 g/mol. The molecule has 0 fully saturated rings. The second-order valence-corrected chi connectivity index (χ2v) is 7.06. The molecule has 1 atom stereocenters. The number of nitrogens with zero attached hydrogens (tertiary/aromatic N) is 1. The van der Waals surface area contributed by atoms with Gasteiger partial charge in [0.25, 0.3) is 0 Å². The minimum Gasteiger partial charge on any atom is -0.355 e. The second kappa shape index (κ2) is 9.91. The standard InChI is InChI=1S/C23H30N2O2/c1-5-24-23(27)19(4)25(16-21-12-8-18(3)9-13-21)22(26)15-14-20-10-6-17(2)7-11-20/h6-13,19H,5,14-16H2,1-4H3,(H,24,27)/t19-/m0/s1. The van der Waals surface area contributed by atoms with Crippen LogP contribution in [0.3, 0.4) is 0 Å². The van der Waals surface area contributed by atoms with E-state index in [1.54, 1.807) is 11.8 Å². The van der Waals surface area contributed by atoms with Crippen LogP contribution in [0.15, 0.2) is 48.5 Å². The minimum atomic E-state index is -0.503. The monoisotopic (exact) mass is 366 g/mol. The number of likely N-dealkylation sites (N-methyl/N-ethyl adjacent to an activating group) is 1. The molecular formula is C23H30N2O2. The maximum absolute atomic E-state index is 13.0. The zero-order chi connectivity index (χ0) is 19.8. The van der Waals surface area contributed by atoms with Gasteiger partial charge in [-0.15, -0.1) is 0 Å². The molecule has 0 unspecified atom stereocenters. The Morgan fingerprint density at radius 2 is 1.44 bits per heavy atom. The van der Waals surface area contributed by atoms with Crippen LogP contribution in [0.25, 0.3) is 0 Å². The van der Waals surface area contributed by atoms with E-state index in [9.17, 15) is 9.59 Å². The Morgan fingerprint density at radius 1 is 0.926 bits per heavy atom. The summed E-state index contributed by atoms with van der Waals surface area (Å²) in [6, 6.07) is 15.8. The molecule has 0 aliphatic rings. The van der Waals surface area contributed by atoms with Crippen LogP contribution in [0.4, 0.5) is 0 Å². The van der Waals surface area contributed by atoms with E-state index in [2.05, 4.69) is 29.6 Å². The van der Waals surface area contributed by atoms with Gasteiger partial charge in [-0.1, -0.05) is 59.7 Å². The third-order valence-corrected chi connectivity index (χ3v) is 4.74. The van der Waals surface area contributed by atoms with Crippen LogP contribution in [0, 0.1) is 13.8 Å². The lowest BCUT2D eigenvalue weighted by Crippen LogP contribution is -2.47. The Labute approximate surface area is 162 Å². The first-order valence-corrected chi connectivity index (χ1v) is 9.59. The van der Waals surface area contributed by atoms with E-state index < -0.39 is 6.04 Å². The van der Waals surface area contributed by atoms with Crippen LogP contribution < -0.4 is 5.32 Å². The van der Waals surface area contributed by atoms with Gasteiger partial charge < -0.3 is 10.2 Å². The number of rotatable bonds is 8. The predicted octanol–water partition coefficient (Wildman–Crippen LogP) is 3.79. The largest absolute Gasteiger partial charge is 0.355 e. The van der Waals surface area contributed by atoms with Crippen molar-refractivity contribution in [3.8, 4) is 0 Å². The van der Waals surface area contributed by atoms with Crippen LogP contribution in [-0.4, -0.2) is 29.3 Å². The highest BCUT2D eigenvalue weighted by molar-refractivity contribution is 5.87. The normalized spacial score (nSPS) is 11.7. The third-order valence-electron chi connectivity index (χ3n) is 4.74. The molecule has 0 radical (unpaired) electrons. The number of aryl methyl sites for hydroxylation is 3. The number of hydrogen-bond acceptors (Lipinski definition) is 2. The molecular weight excluding hydrogens is 336 g/mol. The molecule has 2 amide bonds. The van der Waals surface area contributed by atoms with Gasteiger partial charge >= 0.3 is 0 Å². The number of benzene rings is 2. The molecule has 27 heavy (non-hydrogen) atoms. The molecule has 0 bridgehead atoms. The second-order valence-electron chi connectivity index (χ2n) is 7.06. The molecule has 0 aliphatic heterocycles. The highest BCUT2D eigenvalue weighted by Gasteiger charge is 2.25. The third kappa shape index (κ3) is 6.24. The van der Waals surface area contributed by atoms with Gasteiger partial charge in [-0.2, -0.15) is 0 Å². The van der Waals surface area contributed by atoms with Gasteiger partial charge in [0, 0.05) is 19.5 Å². The Kier molecular flexibility index (Phi) is 7.59.